The highest BCUT2D eigenvalue weighted by molar-refractivity contribution is 5.99. The zero-order chi connectivity index (χ0) is 13.1. The molecule has 3 N–H and O–H groups in total. The molecule has 0 spiro atoms. The van der Waals surface area contributed by atoms with Crippen molar-refractivity contribution in [3.63, 3.8) is 0 Å². The number of hydrogen-bond donors (Lipinski definition) is 2. The highest BCUT2D eigenvalue weighted by Gasteiger charge is 2.65. The fraction of sp³-hybridized carbons (Fsp3) is 0.562. The van der Waals surface area contributed by atoms with E-state index in [-0.39, 0.29) is 5.91 Å². The summed E-state index contributed by atoms with van der Waals surface area (Å²) in [5.41, 5.74) is 8.25. The molecule has 3 fully saturated rings. The lowest BCUT2D eigenvalue weighted by Gasteiger charge is -2.12. The first-order chi connectivity index (χ1) is 9.15. The molecule has 0 aliphatic heterocycles. The Morgan fingerprint density at radius 3 is 2.58 bits per heavy atom. The minimum absolute atomic E-state index is 0.0105. The molecular formula is C16H20N2O. The molecule has 1 aromatic carbocycles. The van der Waals surface area contributed by atoms with Crippen molar-refractivity contribution in [2.45, 2.75) is 32.2 Å². The van der Waals surface area contributed by atoms with Gasteiger partial charge in [-0.05, 0) is 67.6 Å². The molecule has 0 saturated heterocycles. The molecule has 2 bridgehead atoms. The molecule has 1 aromatic rings. The Morgan fingerprint density at radius 2 is 1.95 bits per heavy atom. The molecule has 0 heterocycles. The largest absolute Gasteiger partial charge is 0.398 e. The summed E-state index contributed by atoms with van der Waals surface area (Å²) in [5, 5.41) is 3.21. The first kappa shape index (κ1) is 11.3. The van der Waals surface area contributed by atoms with Gasteiger partial charge in [0, 0.05) is 11.7 Å². The second-order valence-corrected chi connectivity index (χ2v) is 6.58. The Balaban J connectivity index is 1.48. The Morgan fingerprint density at radius 1 is 1.26 bits per heavy atom. The lowest BCUT2D eigenvalue weighted by atomic mass is 10.0. The van der Waals surface area contributed by atoms with E-state index in [4.69, 9.17) is 5.73 Å². The number of nitrogen functional groups attached to an aromatic ring is 1. The van der Waals surface area contributed by atoms with Gasteiger partial charge in [-0.25, -0.2) is 0 Å². The number of aryl methyl sites for hydroxylation is 1. The van der Waals surface area contributed by atoms with Gasteiger partial charge in [-0.3, -0.25) is 4.79 Å². The minimum Gasteiger partial charge on any atom is -0.398 e. The first-order valence-corrected chi connectivity index (χ1v) is 7.32. The van der Waals surface area contributed by atoms with Crippen LogP contribution in [0.5, 0.6) is 0 Å². The number of hydrogen-bond acceptors (Lipinski definition) is 2. The number of carbonyl (C=O) groups is 1. The van der Waals surface area contributed by atoms with Gasteiger partial charge >= 0.3 is 0 Å². The molecule has 100 valence electrons. The summed E-state index contributed by atoms with van der Waals surface area (Å²) in [6.45, 7) is 1.99. The van der Waals surface area contributed by atoms with Crippen molar-refractivity contribution >= 4 is 11.6 Å². The smallest absolute Gasteiger partial charge is 0.253 e. The average Bonchev–Trinajstić information content (AvgIpc) is 2.78. The van der Waals surface area contributed by atoms with Crippen LogP contribution in [0.3, 0.4) is 0 Å². The van der Waals surface area contributed by atoms with Gasteiger partial charge in [0.05, 0.1) is 5.56 Å². The van der Waals surface area contributed by atoms with E-state index in [0.717, 1.165) is 29.2 Å². The maximum absolute atomic E-state index is 12.3. The topological polar surface area (TPSA) is 55.1 Å². The molecular weight excluding hydrogens is 236 g/mol. The van der Waals surface area contributed by atoms with Gasteiger partial charge in [-0.2, -0.15) is 0 Å². The zero-order valence-corrected chi connectivity index (χ0v) is 11.2. The van der Waals surface area contributed by atoms with Crippen LogP contribution in [0.4, 0.5) is 5.69 Å². The molecule has 3 saturated carbocycles. The molecule has 0 radical (unpaired) electrons. The number of amides is 1. The molecule has 3 aliphatic rings. The van der Waals surface area contributed by atoms with E-state index >= 15 is 0 Å². The van der Waals surface area contributed by atoms with Gasteiger partial charge in [0.2, 0.25) is 0 Å². The molecule has 4 unspecified atom stereocenters. The number of rotatable bonds is 2. The van der Waals surface area contributed by atoms with E-state index in [9.17, 15) is 4.79 Å². The predicted octanol–water partition coefficient (Wildman–Crippen LogP) is 2.35. The maximum Gasteiger partial charge on any atom is 0.253 e. The number of nitrogens with two attached hydrogens (primary N) is 1. The summed E-state index contributed by atoms with van der Waals surface area (Å²) in [5.74, 6) is 3.33. The van der Waals surface area contributed by atoms with Gasteiger partial charge < -0.3 is 11.1 Å². The summed E-state index contributed by atoms with van der Waals surface area (Å²) in [6.07, 6.45) is 4.17. The van der Waals surface area contributed by atoms with E-state index in [2.05, 4.69) is 5.32 Å². The van der Waals surface area contributed by atoms with Gasteiger partial charge in [0.15, 0.2) is 0 Å². The van der Waals surface area contributed by atoms with Gasteiger partial charge in [-0.1, -0.05) is 6.07 Å². The van der Waals surface area contributed by atoms with Gasteiger partial charge in [0.1, 0.15) is 0 Å². The molecule has 3 nitrogen and oxygen atoms in total. The second-order valence-electron chi connectivity index (χ2n) is 6.58. The number of benzene rings is 1. The molecule has 0 aromatic heterocycles. The van der Waals surface area contributed by atoms with E-state index in [1.165, 1.54) is 19.3 Å². The number of carbonyl (C=O) groups excluding carboxylic acids is 1. The van der Waals surface area contributed by atoms with Gasteiger partial charge in [0.25, 0.3) is 5.91 Å². The van der Waals surface area contributed by atoms with Crippen LogP contribution >= 0.6 is 0 Å². The molecule has 1 amide bonds. The number of nitrogens with one attached hydrogen (secondary N) is 1. The predicted molar refractivity (Wildman–Crippen MR) is 74.7 cm³/mol. The zero-order valence-electron chi connectivity index (χ0n) is 11.2. The third kappa shape index (κ3) is 1.60. The summed E-state index contributed by atoms with van der Waals surface area (Å²) in [4.78, 5) is 12.3. The number of anilines is 1. The summed E-state index contributed by atoms with van der Waals surface area (Å²) < 4.78 is 0. The van der Waals surface area contributed by atoms with Crippen LogP contribution in [-0.4, -0.2) is 11.9 Å². The van der Waals surface area contributed by atoms with Gasteiger partial charge in [-0.15, -0.1) is 0 Å². The van der Waals surface area contributed by atoms with Crippen molar-refractivity contribution in [1.82, 2.24) is 5.32 Å². The second kappa shape index (κ2) is 3.75. The fourth-order valence-electron chi connectivity index (χ4n) is 4.64. The van der Waals surface area contributed by atoms with Crippen LogP contribution in [0.15, 0.2) is 18.2 Å². The van der Waals surface area contributed by atoms with Crippen molar-refractivity contribution in [2.75, 3.05) is 5.73 Å². The standard InChI is InChI=1S/C16H20N2O/c1-8-2-5-11(12(17)6-8)16(19)18-15-13-9-3-4-10(7-9)14(13)15/h2,5-6,9-10,13-15H,3-4,7,17H2,1H3,(H,18,19). The minimum atomic E-state index is 0.0105. The fourth-order valence-corrected chi connectivity index (χ4v) is 4.64. The van der Waals surface area contributed by atoms with E-state index in [1.807, 2.05) is 25.1 Å². The summed E-state index contributed by atoms with van der Waals surface area (Å²) in [7, 11) is 0. The SMILES string of the molecule is Cc1ccc(C(=O)NC2C3C4CCC(C4)C23)c(N)c1. The van der Waals surface area contributed by atoms with Crippen molar-refractivity contribution < 1.29 is 4.79 Å². The Kier molecular flexibility index (Phi) is 2.23. The lowest BCUT2D eigenvalue weighted by Crippen LogP contribution is -2.30. The van der Waals surface area contributed by atoms with Crippen molar-refractivity contribution in [3.05, 3.63) is 29.3 Å². The summed E-state index contributed by atoms with van der Waals surface area (Å²) >= 11 is 0. The van der Waals surface area contributed by atoms with E-state index in [0.29, 0.717) is 17.3 Å². The highest BCUT2D eigenvalue weighted by Crippen LogP contribution is 2.65. The molecule has 19 heavy (non-hydrogen) atoms. The van der Waals surface area contributed by atoms with Crippen molar-refractivity contribution in [2.24, 2.45) is 23.7 Å². The van der Waals surface area contributed by atoms with E-state index in [1.54, 1.807) is 0 Å². The molecule has 3 aliphatic carbocycles. The normalized spacial score (nSPS) is 38.1. The Labute approximate surface area is 113 Å². The van der Waals surface area contributed by atoms with Crippen LogP contribution in [-0.2, 0) is 0 Å². The molecule has 3 heteroatoms. The van der Waals surface area contributed by atoms with Crippen LogP contribution < -0.4 is 11.1 Å². The maximum atomic E-state index is 12.3. The van der Waals surface area contributed by atoms with Crippen molar-refractivity contribution in [1.29, 1.82) is 0 Å². The van der Waals surface area contributed by atoms with Crippen LogP contribution in [0.2, 0.25) is 0 Å². The third-order valence-corrected chi connectivity index (χ3v) is 5.48. The molecule has 4 rings (SSSR count). The Bertz CT molecular complexity index is 538. The monoisotopic (exact) mass is 256 g/mol. The van der Waals surface area contributed by atoms with Crippen LogP contribution in [0.25, 0.3) is 0 Å². The van der Waals surface area contributed by atoms with Crippen LogP contribution in [0, 0.1) is 30.6 Å². The number of fused-ring (bicyclic) bond motifs is 5. The van der Waals surface area contributed by atoms with Crippen LogP contribution in [0.1, 0.15) is 35.2 Å². The van der Waals surface area contributed by atoms with E-state index < -0.39 is 0 Å². The summed E-state index contributed by atoms with van der Waals surface area (Å²) in [6, 6.07) is 6.08. The lowest BCUT2D eigenvalue weighted by molar-refractivity contribution is 0.0945. The first-order valence-electron chi connectivity index (χ1n) is 7.32. The Hall–Kier alpha value is -1.51. The average molecular weight is 256 g/mol. The quantitative estimate of drug-likeness (QED) is 0.798. The van der Waals surface area contributed by atoms with Crippen molar-refractivity contribution in [3.8, 4) is 0 Å². The molecule has 4 atom stereocenters. The third-order valence-electron chi connectivity index (χ3n) is 5.48. The highest BCUT2D eigenvalue weighted by atomic mass is 16.1.